The molecular weight excluding hydrogens is 136 g/mol. The van der Waals surface area contributed by atoms with Crippen LogP contribution in [0.5, 0.6) is 0 Å². The van der Waals surface area contributed by atoms with Crippen LogP contribution in [0.2, 0.25) is 0 Å². The van der Waals surface area contributed by atoms with Crippen molar-refractivity contribution in [1.82, 2.24) is 15.0 Å². The smallest absolute Gasteiger partial charge is 0.107 e. The Morgan fingerprint density at radius 2 is 1.60 bits per heavy atom. The first-order chi connectivity index (χ1) is 4.72. The second-order valence-electron chi connectivity index (χ2n) is 2.19. The maximum Gasteiger partial charge on any atom is 0.107 e. The van der Waals surface area contributed by atoms with Crippen molar-refractivity contribution in [2.45, 2.75) is 0 Å². The van der Waals surface area contributed by atoms with Gasteiger partial charge in [0, 0.05) is 0 Å². The zero-order valence-corrected chi connectivity index (χ0v) is 5.47. The molecule has 0 aliphatic carbocycles. The van der Waals surface area contributed by atoms with E-state index in [2.05, 4.69) is 5.29 Å². The van der Waals surface area contributed by atoms with E-state index in [1.54, 1.807) is 0 Å². The third-order valence-corrected chi connectivity index (χ3v) is 1.17. The van der Waals surface area contributed by atoms with Crippen LogP contribution in [-0.4, -0.2) is 35.0 Å². The minimum absolute atomic E-state index is 0.331. The lowest BCUT2D eigenvalue weighted by Crippen LogP contribution is -2.57. The third-order valence-electron chi connectivity index (χ3n) is 1.17. The maximum absolute atomic E-state index is 9.96. The first kappa shape index (κ1) is 7.35. The van der Waals surface area contributed by atoms with Gasteiger partial charge in [0.15, 0.2) is 0 Å². The summed E-state index contributed by atoms with van der Waals surface area (Å²) in [5, 5.41) is 6.70. The Bertz CT molecular complexity index is 118. The summed E-state index contributed by atoms with van der Waals surface area (Å²) in [5.74, 6) is 10.7. The van der Waals surface area contributed by atoms with Crippen LogP contribution in [0.25, 0.3) is 0 Å². The molecule has 0 aromatic heterocycles. The van der Waals surface area contributed by atoms with Gasteiger partial charge in [-0.25, -0.2) is 15.0 Å². The summed E-state index contributed by atoms with van der Waals surface area (Å²) in [7, 11) is 0. The van der Waals surface area contributed by atoms with Gasteiger partial charge >= 0.3 is 0 Å². The van der Waals surface area contributed by atoms with Crippen LogP contribution >= 0.6 is 0 Å². The molecule has 7 heteroatoms. The van der Waals surface area contributed by atoms with Crippen molar-refractivity contribution in [2.75, 3.05) is 20.0 Å². The van der Waals surface area contributed by atoms with Crippen LogP contribution in [0.3, 0.4) is 0 Å². The summed E-state index contributed by atoms with van der Waals surface area (Å²) in [6.07, 6.45) is 0. The predicted octanol–water partition coefficient (Wildman–Crippen LogP) is -1.79. The topological polar surface area (TPSA) is 91.2 Å². The molecule has 0 aromatic carbocycles. The normalized spacial score (nSPS) is 23.2. The Kier molecular flexibility index (Phi) is 2.12. The van der Waals surface area contributed by atoms with E-state index >= 15 is 0 Å². The van der Waals surface area contributed by atoms with Crippen LogP contribution < -0.4 is 11.7 Å². The zero-order valence-electron chi connectivity index (χ0n) is 5.47. The average molecular weight is 146 g/mol. The van der Waals surface area contributed by atoms with Crippen LogP contribution in [-0.2, 0) is 0 Å². The average Bonchev–Trinajstić information content (AvgIpc) is 1.85. The van der Waals surface area contributed by atoms with Crippen LogP contribution in [0.4, 0.5) is 0 Å². The van der Waals surface area contributed by atoms with E-state index in [4.69, 9.17) is 11.7 Å². The molecule has 4 N–H and O–H groups in total. The summed E-state index contributed by atoms with van der Waals surface area (Å²) in [4.78, 5) is 9.96. The minimum atomic E-state index is 0.331. The molecule has 0 aromatic rings. The number of rotatable bonds is 1. The fourth-order valence-electron chi connectivity index (χ4n) is 0.838. The summed E-state index contributed by atoms with van der Waals surface area (Å²) in [6, 6.07) is 0. The molecular formula is C3H10N6O. The van der Waals surface area contributed by atoms with E-state index in [9.17, 15) is 4.91 Å². The van der Waals surface area contributed by atoms with E-state index in [0.717, 1.165) is 0 Å². The molecule has 0 amide bonds. The second kappa shape index (κ2) is 2.88. The van der Waals surface area contributed by atoms with E-state index < -0.39 is 0 Å². The number of nitrogens with two attached hydrogens (primary N) is 2. The largest absolute Gasteiger partial charge is 0.266 e. The molecule has 7 nitrogen and oxygen atoms in total. The molecule has 1 rings (SSSR count). The Balaban J connectivity index is 2.42. The second-order valence-corrected chi connectivity index (χ2v) is 2.19. The number of nitrogens with zero attached hydrogens (tertiary/aromatic N) is 4. The molecule has 1 aliphatic heterocycles. The monoisotopic (exact) mass is 146 g/mol. The van der Waals surface area contributed by atoms with Crippen molar-refractivity contribution >= 4 is 0 Å². The number of hydrazine groups is 2. The molecule has 1 aliphatic rings. The number of hydrogen-bond donors (Lipinski definition) is 2. The first-order valence-corrected chi connectivity index (χ1v) is 2.80. The lowest BCUT2D eigenvalue weighted by atomic mass is 10.7. The molecule has 0 saturated carbocycles. The van der Waals surface area contributed by atoms with Gasteiger partial charge in [-0.3, -0.25) is 11.7 Å². The summed E-state index contributed by atoms with van der Waals surface area (Å²) >= 11 is 0. The van der Waals surface area contributed by atoms with Crippen LogP contribution in [0, 0.1) is 4.91 Å². The highest BCUT2D eigenvalue weighted by Gasteiger charge is 2.17. The van der Waals surface area contributed by atoms with Crippen molar-refractivity contribution in [2.24, 2.45) is 17.0 Å². The Labute approximate surface area is 58.0 Å². The van der Waals surface area contributed by atoms with Crippen LogP contribution in [0.15, 0.2) is 5.29 Å². The Morgan fingerprint density at radius 3 is 2.00 bits per heavy atom. The standard InChI is InChI=1S/C3H10N6O/c4-7-1-8(5)3-9(2-7)6-10/h1-5H2. The lowest BCUT2D eigenvalue weighted by Gasteiger charge is -2.33. The number of hydrogen-bond acceptors (Lipinski definition) is 6. The quantitative estimate of drug-likeness (QED) is 0.335. The Hall–Kier alpha value is -0.760. The molecule has 0 spiro atoms. The molecule has 0 atom stereocenters. The molecule has 1 heterocycles. The van der Waals surface area contributed by atoms with Gasteiger partial charge in [-0.15, -0.1) is 4.91 Å². The van der Waals surface area contributed by atoms with Gasteiger partial charge in [-0.05, 0) is 0 Å². The van der Waals surface area contributed by atoms with E-state index in [1.165, 1.54) is 15.0 Å². The van der Waals surface area contributed by atoms with Crippen molar-refractivity contribution < 1.29 is 0 Å². The van der Waals surface area contributed by atoms with Crippen LogP contribution in [0.1, 0.15) is 0 Å². The lowest BCUT2D eigenvalue weighted by molar-refractivity contribution is -0.0308. The van der Waals surface area contributed by atoms with Gasteiger partial charge in [0.2, 0.25) is 0 Å². The molecule has 0 radical (unpaired) electrons. The molecule has 0 unspecified atom stereocenters. The van der Waals surface area contributed by atoms with E-state index in [0.29, 0.717) is 20.0 Å². The van der Waals surface area contributed by atoms with Gasteiger partial charge in [-0.2, -0.15) is 0 Å². The Morgan fingerprint density at radius 1 is 1.10 bits per heavy atom. The zero-order chi connectivity index (χ0) is 7.56. The third kappa shape index (κ3) is 1.61. The predicted molar refractivity (Wildman–Crippen MR) is 34.3 cm³/mol. The summed E-state index contributed by atoms with van der Waals surface area (Å²) < 4.78 is 0. The van der Waals surface area contributed by atoms with Crippen molar-refractivity contribution in [3.05, 3.63) is 4.91 Å². The number of nitroso groups, excluding NO2 is 1. The van der Waals surface area contributed by atoms with E-state index in [-0.39, 0.29) is 0 Å². The van der Waals surface area contributed by atoms with Gasteiger partial charge in [-0.1, -0.05) is 0 Å². The van der Waals surface area contributed by atoms with E-state index in [1.807, 2.05) is 0 Å². The maximum atomic E-state index is 9.96. The van der Waals surface area contributed by atoms with Crippen molar-refractivity contribution in [3.8, 4) is 0 Å². The van der Waals surface area contributed by atoms with Gasteiger partial charge in [0.05, 0.1) is 12.0 Å². The minimum Gasteiger partial charge on any atom is -0.266 e. The summed E-state index contributed by atoms with van der Waals surface area (Å²) in [6.45, 7) is 1.11. The summed E-state index contributed by atoms with van der Waals surface area (Å²) in [5.41, 5.74) is 0. The SMILES string of the molecule is NN1CN(N)CN(N=O)C1. The fourth-order valence-corrected chi connectivity index (χ4v) is 0.838. The highest BCUT2D eigenvalue weighted by molar-refractivity contribution is 4.56. The molecule has 1 fully saturated rings. The van der Waals surface area contributed by atoms with Gasteiger partial charge < -0.3 is 0 Å². The fraction of sp³-hybridized carbons (Fsp3) is 1.00. The molecule has 10 heavy (non-hydrogen) atoms. The molecule has 1 saturated heterocycles. The molecule has 0 bridgehead atoms. The van der Waals surface area contributed by atoms with Crippen molar-refractivity contribution in [3.63, 3.8) is 0 Å². The highest BCUT2D eigenvalue weighted by atomic mass is 16.3. The molecule has 58 valence electrons. The van der Waals surface area contributed by atoms with Gasteiger partial charge in [0.1, 0.15) is 13.3 Å². The van der Waals surface area contributed by atoms with Gasteiger partial charge in [0.25, 0.3) is 0 Å². The van der Waals surface area contributed by atoms with Crippen molar-refractivity contribution in [1.29, 1.82) is 0 Å². The highest BCUT2D eigenvalue weighted by Crippen LogP contribution is 1.98. The first-order valence-electron chi connectivity index (χ1n) is 2.80.